The number of nitrogens with zero attached hydrogens (tertiary/aromatic N) is 4. The summed E-state index contributed by atoms with van der Waals surface area (Å²) in [6.45, 7) is 9.32. The number of carbonyl (C=O) groups excluding carboxylic acids is 2. The minimum absolute atomic E-state index is 0.327. The molecule has 0 bridgehead atoms. The van der Waals surface area contributed by atoms with Crippen LogP contribution in [0.4, 0.5) is 26.3 Å². The molecule has 0 saturated heterocycles. The highest BCUT2D eigenvalue weighted by Gasteiger charge is 2.38. The molecule has 300 valence electrons. The van der Waals surface area contributed by atoms with E-state index in [1.807, 2.05) is 0 Å². The molecule has 2 aromatic carbocycles. The molecule has 0 saturated carbocycles. The number of methoxy groups -OCH3 is 2. The summed E-state index contributed by atoms with van der Waals surface area (Å²) in [6, 6.07) is 13.0. The molecule has 2 N–H and O–H groups in total. The average molecular weight is 787 g/mol. The Kier molecular flexibility index (Phi) is 14.8. The molecule has 0 radical (unpaired) electrons. The number of alkyl halides is 6. The van der Waals surface area contributed by atoms with Crippen molar-refractivity contribution in [3.63, 3.8) is 0 Å². The van der Waals surface area contributed by atoms with E-state index in [1.165, 1.54) is 62.8 Å². The first-order valence-electron chi connectivity index (χ1n) is 16.0. The zero-order chi connectivity index (χ0) is 42.1. The molecule has 2 heterocycles. The topological polar surface area (TPSA) is 172 Å². The lowest BCUT2D eigenvalue weighted by molar-refractivity contribution is -0.146. The third-order valence-corrected chi connectivity index (χ3v) is 7.01. The van der Waals surface area contributed by atoms with Gasteiger partial charge >= 0.3 is 36.2 Å². The fraction of sp³-hybridized carbons (Fsp3) is 0.389. The van der Waals surface area contributed by atoms with Crippen LogP contribution in [0.3, 0.4) is 0 Å². The van der Waals surface area contributed by atoms with Crippen LogP contribution in [0.25, 0.3) is 0 Å². The average Bonchev–Trinajstić information content (AvgIpc) is 3.70. The van der Waals surface area contributed by atoms with E-state index < -0.39 is 69.8 Å². The van der Waals surface area contributed by atoms with Crippen molar-refractivity contribution >= 4 is 23.9 Å². The first-order chi connectivity index (χ1) is 25.2. The number of hydrogen-bond acceptors (Lipinski definition) is 9. The molecule has 0 spiro atoms. The molecule has 4 rings (SSSR count). The highest BCUT2D eigenvalue weighted by Crippen LogP contribution is 2.31. The highest BCUT2D eigenvalue weighted by molar-refractivity contribution is 6.01. The number of carbonyl (C=O) groups is 4. The summed E-state index contributed by atoms with van der Waals surface area (Å²) in [4.78, 5) is 45.8. The van der Waals surface area contributed by atoms with E-state index in [2.05, 4.69) is 10.2 Å². The van der Waals surface area contributed by atoms with Gasteiger partial charge in [0.25, 0.3) is 0 Å². The maximum atomic E-state index is 13.4. The number of carboxylic acid groups (broad SMARTS) is 2. The highest BCUT2D eigenvalue weighted by atomic mass is 19.4. The molecule has 2 aromatic heterocycles. The second kappa shape index (κ2) is 18.0. The van der Waals surface area contributed by atoms with Gasteiger partial charge < -0.3 is 24.4 Å². The van der Waals surface area contributed by atoms with Crippen LogP contribution in [0.1, 0.15) is 85.0 Å². The fourth-order valence-corrected chi connectivity index (χ4v) is 3.68. The molecule has 13 nitrogen and oxygen atoms in total. The number of benzene rings is 2. The Bertz CT molecular complexity index is 1800. The lowest BCUT2D eigenvalue weighted by Gasteiger charge is -2.09. The molecule has 4 aromatic rings. The lowest BCUT2D eigenvalue weighted by Crippen LogP contribution is -2.20. The van der Waals surface area contributed by atoms with E-state index >= 15 is 0 Å². The Morgan fingerprint density at radius 3 is 1.07 bits per heavy atom. The fourth-order valence-electron chi connectivity index (χ4n) is 3.68. The molecule has 0 aliphatic heterocycles. The summed E-state index contributed by atoms with van der Waals surface area (Å²) in [6.07, 6.45) is -9.88. The van der Waals surface area contributed by atoms with Crippen LogP contribution >= 0.6 is 0 Å². The van der Waals surface area contributed by atoms with Crippen LogP contribution in [0.5, 0.6) is 11.5 Å². The Balaban J connectivity index is 0.000000633. The molecule has 0 amide bonds. The van der Waals surface area contributed by atoms with Crippen LogP contribution in [0, 0.1) is 10.8 Å². The van der Waals surface area contributed by atoms with Crippen molar-refractivity contribution < 1.29 is 69.9 Å². The Hall–Kier alpha value is -5.88. The van der Waals surface area contributed by atoms with E-state index in [1.54, 1.807) is 41.5 Å². The van der Waals surface area contributed by atoms with E-state index in [0.717, 1.165) is 0 Å². The molecule has 0 fully saturated rings. The van der Waals surface area contributed by atoms with Crippen LogP contribution in [-0.4, -0.2) is 67.9 Å². The minimum Gasteiger partial charge on any atom is -0.497 e. The van der Waals surface area contributed by atoms with Crippen molar-refractivity contribution in [1.29, 1.82) is 0 Å². The van der Waals surface area contributed by atoms with E-state index in [-0.39, 0.29) is 13.1 Å². The van der Waals surface area contributed by atoms with Crippen molar-refractivity contribution in [2.45, 2.75) is 67.0 Å². The van der Waals surface area contributed by atoms with E-state index in [9.17, 15) is 45.5 Å². The Labute approximate surface area is 311 Å². The summed E-state index contributed by atoms with van der Waals surface area (Å²) in [5.74, 6) is -3.69. The number of esters is 2. The number of rotatable bonds is 8. The van der Waals surface area contributed by atoms with Gasteiger partial charge in [-0.1, -0.05) is 24.3 Å². The standard InChI is InChI=1S/C26H20F6N4O5.2C5H10O2/c1-39-17-7-3-15(4-8-17)13-35-19(11-21(33-35)25(27,28)29)23(37)41-24(38)20-12-22(26(30,31)32)34-36(20)14-16-5-9-18(40-2)10-6-16;2*1-5(2,3)4(6)7/h3-12H,13-14H2,1-2H3;2*1-3H3,(H,6,7). The van der Waals surface area contributed by atoms with Crippen molar-refractivity contribution in [1.82, 2.24) is 19.6 Å². The minimum atomic E-state index is -4.94. The summed E-state index contributed by atoms with van der Waals surface area (Å²) in [5, 5.41) is 23.3. The van der Waals surface area contributed by atoms with Crippen LogP contribution in [0.2, 0.25) is 0 Å². The van der Waals surface area contributed by atoms with Gasteiger partial charge in [0, 0.05) is 12.1 Å². The molecular weight excluding hydrogens is 746 g/mol. The summed E-state index contributed by atoms with van der Waals surface area (Å²) in [7, 11) is 2.84. The maximum Gasteiger partial charge on any atom is 0.435 e. The largest absolute Gasteiger partial charge is 0.497 e. The van der Waals surface area contributed by atoms with Crippen LogP contribution in [-0.2, 0) is 39.8 Å². The second-order valence-electron chi connectivity index (χ2n) is 13.6. The van der Waals surface area contributed by atoms with Crippen molar-refractivity contribution in [2.24, 2.45) is 10.8 Å². The molecule has 0 aliphatic rings. The van der Waals surface area contributed by atoms with Crippen LogP contribution < -0.4 is 9.47 Å². The number of ether oxygens (including phenoxy) is 3. The molecule has 0 unspecified atom stereocenters. The quantitative estimate of drug-likeness (QED) is 0.103. The van der Waals surface area contributed by atoms with E-state index in [0.29, 0.717) is 44.1 Å². The number of hydrogen-bond donors (Lipinski definition) is 2. The van der Waals surface area contributed by atoms with Gasteiger partial charge in [-0.25, -0.2) is 9.59 Å². The predicted octanol–water partition coefficient (Wildman–Crippen LogP) is 7.46. The van der Waals surface area contributed by atoms with Crippen molar-refractivity contribution in [3.8, 4) is 11.5 Å². The van der Waals surface area contributed by atoms with Gasteiger partial charge in [0.2, 0.25) is 0 Å². The third kappa shape index (κ3) is 13.8. The second-order valence-corrected chi connectivity index (χ2v) is 13.6. The molecule has 0 atom stereocenters. The van der Waals surface area contributed by atoms with Gasteiger partial charge in [0.15, 0.2) is 11.4 Å². The summed E-state index contributed by atoms with van der Waals surface area (Å²) < 4.78 is 96.5. The number of aliphatic carboxylic acids is 2. The monoisotopic (exact) mass is 786 g/mol. The zero-order valence-electron chi connectivity index (χ0n) is 31.0. The third-order valence-electron chi connectivity index (χ3n) is 7.01. The molecular formula is C36H40F6N4O9. The summed E-state index contributed by atoms with van der Waals surface area (Å²) >= 11 is 0. The van der Waals surface area contributed by atoms with Gasteiger partial charge in [-0.3, -0.25) is 19.0 Å². The SMILES string of the molecule is CC(C)(C)C(=O)O.CC(C)(C)C(=O)O.COc1ccc(Cn2nc(C(F)(F)F)cc2C(=O)OC(=O)c2cc(C(F)(F)F)nn2Cc2ccc(OC)cc2)cc1. The van der Waals surface area contributed by atoms with Crippen molar-refractivity contribution in [2.75, 3.05) is 14.2 Å². The Morgan fingerprint density at radius 2 is 0.855 bits per heavy atom. The first kappa shape index (κ1) is 45.3. The van der Waals surface area contributed by atoms with E-state index in [4.69, 9.17) is 24.4 Å². The molecule has 0 aliphatic carbocycles. The van der Waals surface area contributed by atoms with Gasteiger partial charge in [0.1, 0.15) is 22.9 Å². The molecule has 19 heteroatoms. The first-order valence-corrected chi connectivity index (χ1v) is 16.0. The van der Waals surface area contributed by atoms with Gasteiger partial charge in [-0.15, -0.1) is 0 Å². The number of halogens is 6. The van der Waals surface area contributed by atoms with Gasteiger partial charge in [0.05, 0.1) is 38.1 Å². The number of carboxylic acids is 2. The zero-order valence-corrected chi connectivity index (χ0v) is 31.0. The summed E-state index contributed by atoms with van der Waals surface area (Å²) in [5.41, 5.74) is -4.69. The normalized spacial score (nSPS) is 11.7. The number of aromatic nitrogens is 4. The van der Waals surface area contributed by atoms with Gasteiger partial charge in [-0.05, 0) is 76.9 Å². The Morgan fingerprint density at radius 1 is 0.582 bits per heavy atom. The van der Waals surface area contributed by atoms with Crippen molar-refractivity contribution in [3.05, 3.63) is 94.6 Å². The molecule has 55 heavy (non-hydrogen) atoms. The smallest absolute Gasteiger partial charge is 0.435 e. The predicted molar refractivity (Wildman–Crippen MR) is 183 cm³/mol. The maximum absolute atomic E-state index is 13.4. The van der Waals surface area contributed by atoms with Gasteiger partial charge in [-0.2, -0.15) is 36.5 Å². The lowest BCUT2D eigenvalue weighted by atomic mass is 9.98. The van der Waals surface area contributed by atoms with Crippen LogP contribution in [0.15, 0.2) is 60.7 Å².